The molecule has 0 spiro atoms. The lowest BCUT2D eigenvalue weighted by Gasteiger charge is -2.34. The number of hydrogen-bond donors (Lipinski definition) is 0. The molecule has 50 heavy (non-hydrogen) atoms. The number of rotatable bonds is 3. The normalized spacial score (nSPS) is 12.4. The maximum atomic E-state index is 5.31. The van der Waals surface area contributed by atoms with Crippen LogP contribution < -0.4 is 4.90 Å². The van der Waals surface area contributed by atoms with Crippen LogP contribution in [0.1, 0.15) is 0 Å². The number of hydrogen-bond acceptors (Lipinski definition) is 5. The number of para-hydroxylation sites is 1. The second kappa shape index (κ2) is 10.5. The molecule has 0 saturated carbocycles. The van der Waals surface area contributed by atoms with Crippen molar-refractivity contribution < 1.29 is 0 Å². The molecule has 1 aliphatic heterocycles. The second-order valence-electron chi connectivity index (χ2n) is 12.8. The molecule has 0 amide bonds. The molecule has 7 aromatic carbocycles. The molecule has 0 saturated heterocycles. The summed E-state index contributed by atoms with van der Waals surface area (Å²) in [6.07, 6.45) is 1.86. The minimum absolute atomic E-state index is 0.702. The average molecular weight is 655 g/mol. The van der Waals surface area contributed by atoms with E-state index in [1.807, 2.05) is 12.3 Å². The molecule has 10 aromatic rings. The van der Waals surface area contributed by atoms with Crippen molar-refractivity contribution in [1.82, 2.24) is 15.0 Å². The van der Waals surface area contributed by atoms with Gasteiger partial charge >= 0.3 is 0 Å². The molecule has 4 nitrogen and oxygen atoms in total. The lowest BCUT2D eigenvalue weighted by Crippen LogP contribution is -2.15. The van der Waals surface area contributed by atoms with E-state index in [0.717, 1.165) is 49.0 Å². The molecule has 0 radical (unpaired) electrons. The molecule has 232 valence electrons. The third-order valence-electron chi connectivity index (χ3n) is 10.0. The highest BCUT2D eigenvalue weighted by molar-refractivity contribution is 7.26. The minimum Gasteiger partial charge on any atom is -0.309 e. The smallest absolute Gasteiger partial charge is 0.160 e. The van der Waals surface area contributed by atoms with Gasteiger partial charge < -0.3 is 4.90 Å². The first-order valence-electron chi connectivity index (χ1n) is 16.8. The van der Waals surface area contributed by atoms with Gasteiger partial charge in [0.15, 0.2) is 5.82 Å². The van der Waals surface area contributed by atoms with Gasteiger partial charge in [-0.25, -0.2) is 9.97 Å². The Hall–Kier alpha value is -6.43. The molecule has 4 heterocycles. The fourth-order valence-corrected chi connectivity index (χ4v) is 8.87. The molecule has 1 aliphatic rings. The predicted molar refractivity (Wildman–Crippen MR) is 210 cm³/mol. The monoisotopic (exact) mass is 654 g/mol. The summed E-state index contributed by atoms with van der Waals surface area (Å²) in [5.74, 6) is 0.702. The third kappa shape index (κ3) is 4.01. The summed E-state index contributed by atoms with van der Waals surface area (Å²) in [4.78, 5) is 17.7. The van der Waals surface area contributed by atoms with Gasteiger partial charge in [0, 0.05) is 49.4 Å². The summed E-state index contributed by atoms with van der Waals surface area (Å²) in [6.45, 7) is 0. The van der Waals surface area contributed by atoms with Gasteiger partial charge in [-0.15, -0.1) is 11.3 Å². The van der Waals surface area contributed by atoms with Crippen molar-refractivity contribution in [2.75, 3.05) is 4.90 Å². The molecular formula is C45H26N4S. The fourth-order valence-electron chi connectivity index (χ4n) is 7.73. The van der Waals surface area contributed by atoms with Crippen molar-refractivity contribution in [3.05, 3.63) is 158 Å². The van der Waals surface area contributed by atoms with Gasteiger partial charge in [-0.05, 0) is 76.3 Å². The molecule has 3 aromatic heterocycles. The summed E-state index contributed by atoms with van der Waals surface area (Å²) >= 11 is 1.74. The number of nitrogens with zero attached hydrogens (tertiary/aromatic N) is 4. The van der Waals surface area contributed by atoms with Crippen LogP contribution in [0.25, 0.3) is 86.5 Å². The Bertz CT molecular complexity index is 2990. The third-order valence-corrected chi connectivity index (χ3v) is 11.2. The number of benzene rings is 7. The molecule has 5 heteroatoms. The molecule has 0 unspecified atom stereocenters. The fraction of sp³-hybridized carbons (Fsp3) is 0. The van der Waals surface area contributed by atoms with E-state index in [0.29, 0.717) is 5.82 Å². The van der Waals surface area contributed by atoms with Crippen molar-refractivity contribution in [2.24, 2.45) is 0 Å². The van der Waals surface area contributed by atoms with E-state index in [4.69, 9.17) is 15.0 Å². The molecule has 0 aliphatic carbocycles. The van der Waals surface area contributed by atoms with Gasteiger partial charge in [0.2, 0.25) is 0 Å². The zero-order valence-electron chi connectivity index (χ0n) is 26.7. The number of pyridine rings is 1. The van der Waals surface area contributed by atoms with Gasteiger partial charge in [-0.1, -0.05) is 97.1 Å². The average Bonchev–Trinajstić information content (AvgIpc) is 3.56. The van der Waals surface area contributed by atoms with E-state index in [1.165, 1.54) is 48.7 Å². The van der Waals surface area contributed by atoms with E-state index in [2.05, 4.69) is 150 Å². The molecule has 0 bridgehead atoms. The van der Waals surface area contributed by atoms with Gasteiger partial charge in [0.05, 0.1) is 32.8 Å². The lowest BCUT2D eigenvalue weighted by atomic mass is 9.89. The Labute approximate surface area is 291 Å². The van der Waals surface area contributed by atoms with Gasteiger partial charge in [-0.3, -0.25) is 4.98 Å². The molecule has 0 atom stereocenters. The van der Waals surface area contributed by atoms with Crippen LogP contribution in [0.15, 0.2) is 158 Å². The Morgan fingerprint density at radius 2 is 1.22 bits per heavy atom. The quantitative estimate of drug-likeness (QED) is 0.190. The van der Waals surface area contributed by atoms with Crippen LogP contribution in [0.3, 0.4) is 0 Å². The first-order chi connectivity index (χ1) is 24.8. The van der Waals surface area contributed by atoms with Crippen LogP contribution in [0, 0.1) is 0 Å². The van der Waals surface area contributed by atoms with E-state index in [1.54, 1.807) is 11.3 Å². The number of aromatic nitrogens is 3. The summed E-state index contributed by atoms with van der Waals surface area (Å²) < 4.78 is 2.28. The molecular weight excluding hydrogens is 629 g/mol. The van der Waals surface area contributed by atoms with Gasteiger partial charge in [-0.2, -0.15) is 0 Å². The first-order valence-corrected chi connectivity index (χ1v) is 17.6. The summed E-state index contributed by atoms with van der Waals surface area (Å²) in [6, 6.07) is 54.2. The zero-order chi connectivity index (χ0) is 32.8. The van der Waals surface area contributed by atoms with Gasteiger partial charge in [0.1, 0.15) is 0 Å². The molecule has 11 rings (SSSR count). The SMILES string of the molecule is c1ccc2cc3c(cc2c1)-c1cccc2cccc(c12)N3c1ccc(-c2nc(-c3cccc4cccnc34)c3sc4ccccc4c3n2)cc1. The summed E-state index contributed by atoms with van der Waals surface area (Å²) in [5, 5.41) is 7.21. The topological polar surface area (TPSA) is 41.9 Å². The standard InChI is InChI=1S/C45H26N4S/c1-2-10-31-26-38-36(25-30(31)9-1)33-16-5-11-27-12-7-18-37(40(27)33)49(38)32-22-20-29(21-23-32)45-47-42-34-15-3-4-19-39(34)50-44(42)43(48-45)35-17-6-13-28-14-8-24-46-41(28)35/h1-26H. The summed E-state index contributed by atoms with van der Waals surface area (Å²) in [5.41, 5.74) is 10.8. The van der Waals surface area contributed by atoms with Gasteiger partial charge in [0.25, 0.3) is 0 Å². The molecule has 0 fully saturated rings. The van der Waals surface area contributed by atoms with Crippen LogP contribution in [0.4, 0.5) is 17.1 Å². The lowest BCUT2D eigenvalue weighted by molar-refractivity contribution is 1.23. The largest absolute Gasteiger partial charge is 0.309 e. The maximum absolute atomic E-state index is 5.31. The van der Waals surface area contributed by atoms with Crippen molar-refractivity contribution >= 4 is 81.1 Å². The molecule has 0 N–H and O–H groups in total. The second-order valence-corrected chi connectivity index (χ2v) is 13.9. The number of anilines is 3. The van der Waals surface area contributed by atoms with E-state index in [9.17, 15) is 0 Å². The Morgan fingerprint density at radius 1 is 0.500 bits per heavy atom. The van der Waals surface area contributed by atoms with Crippen LogP contribution >= 0.6 is 11.3 Å². The number of thiophene rings is 1. The highest BCUT2D eigenvalue weighted by atomic mass is 32.1. The number of fused-ring (bicyclic) bond motifs is 7. The first kappa shape index (κ1) is 27.5. The Morgan fingerprint density at radius 3 is 2.10 bits per heavy atom. The highest BCUT2D eigenvalue weighted by Gasteiger charge is 2.27. The highest BCUT2D eigenvalue weighted by Crippen LogP contribution is 2.52. The van der Waals surface area contributed by atoms with E-state index < -0.39 is 0 Å². The zero-order valence-corrected chi connectivity index (χ0v) is 27.5. The minimum atomic E-state index is 0.702. The van der Waals surface area contributed by atoms with Crippen LogP contribution in [-0.4, -0.2) is 15.0 Å². The van der Waals surface area contributed by atoms with E-state index >= 15 is 0 Å². The Kier molecular flexibility index (Phi) is 5.80. The van der Waals surface area contributed by atoms with Crippen molar-refractivity contribution in [3.63, 3.8) is 0 Å². The predicted octanol–water partition coefficient (Wildman–Crippen LogP) is 12.5. The van der Waals surface area contributed by atoms with E-state index in [-0.39, 0.29) is 0 Å². The van der Waals surface area contributed by atoms with Crippen molar-refractivity contribution in [3.8, 4) is 33.8 Å². The Balaban J connectivity index is 1.11. The van der Waals surface area contributed by atoms with Crippen LogP contribution in [-0.2, 0) is 0 Å². The van der Waals surface area contributed by atoms with Crippen molar-refractivity contribution in [2.45, 2.75) is 0 Å². The summed E-state index contributed by atoms with van der Waals surface area (Å²) in [7, 11) is 0. The van der Waals surface area contributed by atoms with Crippen molar-refractivity contribution in [1.29, 1.82) is 0 Å². The van der Waals surface area contributed by atoms with Crippen LogP contribution in [0.2, 0.25) is 0 Å². The van der Waals surface area contributed by atoms with Crippen LogP contribution in [0.5, 0.6) is 0 Å². The maximum Gasteiger partial charge on any atom is 0.160 e.